The summed E-state index contributed by atoms with van der Waals surface area (Å²) in [5.41, 5.74) is 0.534. The molecular weight excluding hydrogens is 242 g/mol. The molecule has 1 aliphatic carbocycles. The Hall–Kier alpha value is -1.39. The van der Waals surface area contributed by atoms with E-state index in [1.165, 1.54) is 6.42 Å². The minimum absolute atomic E-state index is 0.121. The van der Waals surface area contributed by atoms with Gasteiger partial charge in [0.25, 0.3) is 5.91 Å². The molecule has 1 atom stereocenters. The molecule has 0 aromatic heterocycles. The van der Waals surface area contributed by atoms with Crippen LogP contribution in [0.2, 0.25) is 0 Å². The number of rotatable bonds is 2. The zero-order valence-corrected chi connectivity index (χ0v) is 10.9. The topological polar surface area (TPSA) is 49.8 Å². The van der Waals surface area contributed by atoms with Crippen LogP contribution in [0, 0.1) is 0 Å². The number of carbonyl (C=O) groups excluding carboxylic acids is 1. The van der Waals surface area contributed by atoms with E-state index in [0.29, 0.717) is 25.3 Å². The van der Waals surface area contributed by atoms with E-state index < -0.39 is 6.10 Å². The molecule has 2 aliphatic rings. The first-order valence-corrected chi connectivity index (χ1v) is 6.86. The monoisotopic (exact) mass is 261 g/mol. The molecule has 1 aliphatic heterocycles. The van der Waals surface area contributed by atoms with Gasteiger partial charge < -0.3 is 14.7 Å². The summed E-state index contributed by atoms with van der Waals surface area (Å²) in [6.07, 6.45) is 2.16. The van der Waals surface area contributed by atoms with Crippen LogP contribution in [0.25, 0.3) is 0 Å². The minimum Gasteiger partial charge on any atom is -0.378 e. The van der Waals surface area contributed by atoms with Gasteiger partial charge in [0.2, 0.25) is 0 Å². The Labute approximate surface area is 113 Å². The summed E-state index contributed by atoms with van der Waals surface area (Å²) in [4.78, 5) is 14.1. The fourth-order valence-electron chi connectivity index (χ4n) is 2.86. The SMILES string of the molecule is O=C(C(O)c1ccccc1)N1CCOC2(CCC2)C1. The quantitative estimate of drug-likeness (QED) is 0.877. The van der Waals surface area contributed by atoms with Crippen molar-refractivity contribution in [2.45, 2.75) is 31.0 Å². The molecule has 19 heavy (non-hydrogen) atoms. The van der Waals surface area contributed by atoms with Gasteiger partial charge in [0.15, 0.2) is 6.10 Å². The highest BCUT2D eigenvalue weighted by molar-refractivity contribution is 5.82. The Kier molecular flexibility index (Phi) is 3.29. The molecule has 1 amide bonds. The van der Waals surface area contributed by atoms with E-state index in [-0.39, 0.29) is 11.5 Å². The maximum absolute atomic E-state index is 12.3. The lowest BCUT2D eigenvalue weighted by atomic mass is 9.78. The summed E-state index contributed by atoms with van der Waals surface area (Å²) in [5, 5.41) is 10.2. The molecule has 2 fully saturated rings. The minimum atomic E-state index is -1.06. The van der Waals surface area contributed by atoms with E-state index in [0.717, 1.165) is 12.8 Å². The van der Waals surface area contributed by atoms with Crippen molar-refractivity contribution in [1.82, 2.24) is 4.90 Å². The van der Waals surface area contributed by atoms with Crippen LogP contribution in [0.3, 0.4) is 0 Å². The molecule has 1 unspecified atom stereocenters. The van der Waals surface area contributed by atoms with E-state index in [1.54, 1.807) is 17.0 Å². The summed E-state index contributed by atoms with van der Waals surface area (Å²) in [5.74, 6) is -0.208. The van der Waals surface area contributed by atoms with Gasteiger partial charge in [-0.3, -0.25) is 4.79 Å². The smallest absolute Gasteiger partial charge is 0.256 e. The Morgan fingerprint density at radius 2 is 2.05 bits per heavy atom. The lowest BCUT2D eigenvalue weighted by Gasteiger charge is -2.48. The number of ether oxygens (including phenoxy) is 1. The number of carbonyl (C=O) groups is 1. The van der Waals surface area contributed by atoms with Crippen molar-refractivity contribution < 1.29 is 14.6 Å². The predicted octanol–water partition coefficient (Wildman–Crippen LogP) is 1.50. The first kappa shape index (κ1) is 12.6. The van der Waals surface area contributed by atoms with E-state index in [4.69, 9.17) is 4.74 Å². The highest BCUT2D eigenvalue weighted by Crippen LogP contribution is 2.38. The Morgan fingerprint density at radius 1 is 1.32 bits per heavy atom. The highest BCUT2D eigenvalue weighted by Gasteiger charge is 2.44. The molecule has 1 saturated carbocycles. The van der Waals surface area contributed by atoms with Crippen molar-refractivity contribution in [3.05, 3.63) is 35.9 Å². The van der Waals surface area contributed by atoms with Crippen molar-refractivity contribution in [1.29, 1.82) is 0 Å². The van der Waals surface area contributed by atoms with Crippen molar-refractivity contribution in [3.63, 3.8) is 0 Å². The second kappa shape index (κ2) is 4.94. The van der Waals surface area contributed by atoms with Crippen molar-refractivity contribution >= 4 is 5.91 Å². The van der Waals surface area contributed by atoms with E-state index >= 15 is 0 Å². The first-order valence-electron chi connectivity index (χ1n) is 6.86. The van der Waals surface area contributed by atoms with Gasteiger partial charge in [0.1, 0.15) is 0 Å². The van der Waals surface area contributed by atoms with Crippen LogP contribution in [-0.4, -0.2) is 41.2 Å². The number of nitrogens with zero attached hydrogens (tertiary/aromatic N) is 1. The van der Waals surface area contributed by atoms with Gasteiger partial charge in [-0.25, -0.2) is 0 Å². The molecule has 102 valence electrons. The number of aliphatic hydroxyl groups excluding tert-OH is 1. The van der Waals surface area contributed by atoms with Crippen molar-refractivity contribution in [3.8, 4) is 0 Å². The van der Waals surface area contributed by atoms with Crippen LogP contribution in [0.4, 0.5) is 0 Å². The van der Waals surface area contributed by atoms with Crippen LogP contribution in [-0.2, 0) is 9.53 Å². The molecule has 1 saturated heterocycles. The fraction of sp³-hybridized carbons (Fsp3) is 0.533. The summed E-state index contributed by atoms with van der Waals surface area (Å²) in [6.45, 7) is 1.77. The molecule has 1 N–H and O–H groups in total. The van der Waals surface area contributed by atoms with E-state index in [9.17, 15) is 9.90 Å². The largest absolute Gasteiger partial charge is 0.378 e. The average Bonchev–Trinajstić information content (AvgIpc) is 2.45. The second-order valence-electron chi connectivity index (χ2n) is 5.46. The molecule has 1 aromatic carbocycles. The normalized spacial score (nSPS) is 22.9. The summed E-state index contributed by atoms with van der Waals surface area (Å²) >= 11 is 0. The zero-order chi connectivity index (χ0) is 13.3. The summed E-state index contributed by atoms with van der Waals surface area (Å²) < 4.78 is 5.79. The van der Waals surface area contributed by atoms with Gasteiger partial charge in [-0.05, 0) is 24.8 Å². The maximum atomic E-state index is 12.3. The molecular formula is C15H19NO3. The Morgan fingerprint density at radius 3 is 2.68 bits per heavy atom. The predicted molar refractivity (Wildman–Crippen MR) is 70.5 cm³/mol. The number of benzene rings is 1. The summed E-state index contributed by atoms with van der Waals surface area (Å²) in [6, 6.07) is 9.10. The number of hydrogen-bond donors (Lipinski definition) is 1. The van der Waals surface area contributed by atoms with E-state index in [2.05, 4.69) is 0 Å². The molecule has 4 nitrogen and oxygen atoms in total. The molecule has 0 bridgehead atoms. The van der Waals surface area contributed by atoms with Crippen LogP contribution >= 0.6 is 0 Å². The number of aliphatic hydroxyl groups is 1. The fourth-order valence-corrected chi connectivity index (χ4v) is 2.86. The molecule has 4 heteroatoms. The molecule has 1 aromatic rings. The lowest BCUT2D eigenvalue weighted by molar-refractivity contribution is -0.173. The average molecular weight is 261 g/mol. The van der Waals surface area contributed by atoms with Crippen LogP contribution in [0.15, 0.2) is 30.3 Å². The zero-order valence-electron chi connectivity index (χ0n) is 10.9. The van der Waals surface area contributed by atoms with Gasteiger partial charge in [0.05, 0.1) is 12.2 Å². The number of amides is 1. The lowest BCUT2D eigenvalue weighted by Crippen LogP contribution is -2.57. The van der Waals surface area contributed by atoms with Crippen LogP contribution < -0.4 is 0 Å². The summed E-state index contributed by atoms with van der Waals surface area (Å²) in [7, 11) is 0. The second-order valence-corrected chi connectivity index (χ2v) is 5.46. The Balaban J connectivity index is 1.69. The molecule has 0 radical (unpaired) electrons. The maximum Gasteiger partial charge on any atom is 0.256 e. The third kappa shape index (κ3) is 2.38. The molecule has 1 spiro atoms. The highest BCUT2D eigenvalue weighted by atomic mass is 16.5. The van der Waals surface area contributed by atoms with Crippen LogP contribution in [0.1, 0.15) is 30.9 Å². The van der Waals surface area contributed by atoms with Crippen LogP contribution in [0.5, 0.6) is 0 Å². The third-order valence-corrected chi connectivity index (χ3v) is 4.17. The van der Waals surface area contributed by atoms with Crippen molar-refractivity contribution in [2.24, 2.45) is 0 Å². The molecule has 3 rings (SSSR count). The Bertz CT molecular complexity index is 456. The van der Waals surface area contributed by atoms with Gasteiger partial charge in [0, 0.05) is 13.1 Å². The first-order chi connectivity index (χ1) is 9.20. The number of hydrogen-bond acceptors (Lipinski definition) is 3. The van der Waals surface area contributed by atoms with Gasteiger partial charge in [-0.15, -0.1) is 0 Å². The van der Waals surface area contributed by atoms with Gasteiger partial charge in [-0.1, -0.05) is 30.3 Å². The van der Waals surface area contributed by atoms with E-state index in [1.807, 2.05) is 18.2 Å². The number of morpholine rings is 1. The standard InChI is InChI=1S/C15H19NO3/c17-13(12-5-2-1-3-6-12)14(18)16-9-10-19-15(11-16)7-4-8-15/h1-3,5-6,13,17H,4,7-11H2. The molecule has 1 heterocycles. The third-order valence-electron chi connectivity index (χ3n) is 4.17. The van der Waals surface area contributed by atoms with Crippen molar-refractivity contribution in [2.75, 3.05) is 19.7 Å². The van der Waals surface area contributed by atoms with Gasteiger partial charge in [-0.2, -0.15) is 0 Å². The van der Waals surface area contributed by atoms with Gasteiger partial charge >= 0.3 is 0 Å².